The Morgan fingerprint density at radius 2 is 1.82 bits per heavy atom. The fourth-order valence-electron chi connectivity index (χ4n) is 0.439. The summed E-state index contributed by atoms with van der Waals surface area (Å²) in [5.41, 5.74) is -0.442. The van der Waals surface area contributed by atoms with Crippen molar-refractivity contribution in [1.82, 2.24) is 0 Å². The molecule has 0 rings (SSSR count). The standard InChI is InChI=1S/C6H13ClO3S/c1-6(2,3)5(8)4-11(7,9)10/h5,8H,4H2,1-3H3. The Morgan fingerprint density at radius 3 is 1.91 bits per heavy atom. The summed E-state index contributed by atoms with van der Waals surface area (Å²) in [5.74, 6) is -0.391. The number of hydrogen-bond donors (Lipinski definition) is 1. The zero-order chi connectivity index (χ0) is 9.28. The molecule has 0 amide bonds. The summed E-state index contributed by atoms with van der Waals surface area (Å²) in [6, 6.07) is 0. The molecule has 0 aliphatic rings. The molecule has 0 fully saturated rings. The average molecular weight is 201 g/mol. The minimum Gasteiger partial charge on any atom is -0.391 e. The van der Waals surface area contributed by atoms with E-state index in [-0.39, 0.29) is 0 Å². The third-order valence-electron chi connectivity index (χ3n) is 1.36. The molecule has 1 N–H and O–H groups in total. The first-order valence-electron chi connectivity index (χ1n) is 3.23. The molecule has 1 atom stereocenters. The molecule has 0 aliphatic heterocycles. The van der Waals surface area contributed by atoms with Gasteiger partial charge in [0.25, 0.3) is 0 Å². The van der Waals surface area contributed by atoms with Crippen molar-refractivity contribution in [1.29, 1.82) is 0 Å². The van der Waals surface area contributed by atoms with Gasteiger partial charge >= 0.3 is 0 Å². The summed E-state index contributed by atoms with van der Waals surface area (Å²) in [5, 5.41) is 9.26. The quantitative estimate of drug-likeness (QED) is 0.676. The second kappa shape index (κ2) is 3.29. The first-order valence-corrected chi connectivity index (χ1v) is 5.71. The number of hydrogen-bond acceptors (Lipinski definition) is 3. The molecular formula is C6H13ClO3S. The molecule has 11 heavy (non-hydrogen) atoms. The van der Waals surface area contributed by atoms with Crippen molar-refractivity contribution in [3.05, 3.63) is 0 Å². The van der Waals surface area contributed by atoms with E-state index in [0.29, 0.717) is 0 Å². The molecule has 5 heteroatoms. The van der Waals surface area contributed by atoms with E-state index in [9.17, 15) is 13.5 Å². The van der Waals surface area contributed by atoms with Gasteiger partial charge in [-0.25, -0.2) is 8.42 Å². The van der Waals surface area contributed by atoms with Crippen LogP contribution in [0.25, 0.3) is 0 Å². The Bertz CT molecular complexity index is 214. The molecule has 0 aromatic rings. The predicted molar refractivity (Wildman–Crippen MR) is 45.1 cm³/mol. The highest BCUT2D eigenvalue weighted by Crippen LogP contribution is 2.21. The highest BCUT2D eigenvalue weighted by Gasteiger charge is 2.26. The van der Waals surface area contributed by atoms with Gasteiger partial charge in [-0.05, 0) is 5.41 Å². The first kappa shape index (κ1) is 11.2. The molecule has 0 bridgehead atoms. The van der Waals surface area contributed by atoms with E-state index in [1.807, 2.05) is 0 Å². The summed E-state index contributed by atoms with van der Waals surface area (Å²) in [4.78, 5) is 0. The topological polar surface area (TPSA) is 54.4 Å². The average Bonchev–Trinajstić information content (AvgIpc) is 1.56. The summed E-state index contributed by atoms with van der Waals surface area (Å²) in [7, 11) is 1.36. The van der Waals surface area contributed by atoms with E-state index >= 15 is 0 Å². The summed E-state index contributed by atoms with van der Waals surface area (Å²) < 4.78 is 21.0. The first-order chi connectivity index (χ1) is 4.63. The molecule has 0 spiro atoms. The van der Waals surface area contributed by atoms with Gasteiger partial charge in [-0.1, -0.05) is 20.8 Å². The van der Waals surface area contributed by atoms with E-state index < -0.39 is 26.3 Å². The zero-order valence-corrected chi connectivity index (χ0v) is 8.41. The number of halogens is 1. The third kappa shape index (κ3) is 5.47. The van der Waals surface area contributed by atoms with Gasteiger partial charge < -0.3 is 5.11 Å². The molecule has 68 valence electrons. The smallest absolute Gasteiger partial charge is 0.235 e. The Morgan fingerprint density at radius 1 is 1.45 bits per heavy atom. The maximum Gasteiger partial charge on any atom is 0.235 e. The zero-order valence-electron chi connectivity index (χ0n) is 6.83. The van der Waals surface area contributed by atoms with Gasteiger partial charge in [-0.3, -0.25) is 0 Å². The summed E-state index contributed by atoms with van der Waals surface area (Å²) >= 11 is 0. The Balaban J connectivity index is 4.21. The number of aliphatic hydroxyl groups excluding tert-OH is 1. The summed E-state index contributed by atoms with van der Waals surface area (Å²) in [6.45, 7) is 5.25. The van der Waals surface area contributed by atoms with Crippen molar-refractivity contribution in [3.63, 3.8) is 0 Å². The van der Waals surface area contributed by atoms with Crippen LogP contribution in [0, 0.1) is 5.41 Å². The van der Waals surface area contributed by atoms with Crippen LogP contribution in [0.5, 0.6) is 0 Å². The molecule has 0 heterocycles. The molecule has 0 aromatic heterocycles. The normalized spacial score (nSPS) is 16.5. The van der Waals surface area contributed by atoms with Crippen LogP contribution in [0.2, 0.25) is 0 Å². The van der Waals surface area contributed by atoms with Crippen molar-refractivity contribution in [3.8, 4) is 0 Å². The van der Waals surface area contributed by atoms with Crippen LogP contribution in [-0.4, -0.2) is 25.4 Å². The lowest BCUT2D eigenvalue weighted by Gasteiger charge is -2.24. The van der Waals surface area contributed by atoms with Gasteiger partial charge in [0, 0.05) is 10.7 Å². The van der Waals surface area contributed by atoms with Crippen LogP contribution >= 0.6 is 10.7 Å². The van der Waals surface area contributed by atoms with Crippen LogP contribution in [0.3, 0.4) is 0 Å². The fraction of sp³-hybridized carbons (Fsp3) is 1.00. The van der Waals surface area contributed by atoms with Crippen LogP contribution < -0.4 is 0 Å². The van der Waals surface area contributed by atoms with Gasteiger partial charge in [0.1, 0.15) is 0 Å². The SMILES string of the molecule is CC(C)(C)C(O)CS(=O)(=O)Cl. The predicted octanol–water partition coefficient (Wildman–Crippen LogP) is 0.962. The lowest BCUT2D eigenvalue weighted by molar-refractivity contribution is 0.0830. The van der Waals surface area contributed by atoms with Gasteiger partial charge in [0.15, 0.2) is 0 Å². The third-order valence-corrected chi connectivity index (χ3v) is 2.45. The molecule has 0 radical (unpaired) electrons. The largest absolute Gasteiger partial charge is 0.391 e. The van der Waals surface area contributed by atoms with E-state index in [2.05, 4.69) is 0 Å². The summed E-state index contributed by atoms with van der Waals surface area (Å²) in [6.07, 6.45) is -0.912. The van der Waals surface area contributed by atoms with Gasteiger partial charge in [-0.15, -0.1) is 0 Å². The van der Waals surface area contributed by atoms with Gasteiger partial charge in [0.05, 0.1) is 11.9 Å². The lowest BCUT2D eigenvalue weighted by Crippen LogP contribution is -2.31. The molecule has 0 aromatic carbocycles. The second-order valence-electron chi connectivity index (χ2n) is 3.59. The van der Waals surface area contributed by atoms with Gasteiger partial charge in [0.2, 0.25) is 9.05 Å². The molecule has 1 unspecified atom stereocenters. The Hall–Kier alpha value is 0.200. The van der Waals surface area contributed by atoms with E-state index in [1.54, 1.807) is 20.8 Å². The van der Waals surface area contributed by atoms with E-state index in [0.717, 1.165) is 0 Å². The van der Waals surface area contributed by atoms with E-state index in [1.165, 1.54) is 0 Å². The van der Waals surface area contributed by atoms with Crippen molar-refractivity contribution in [2.45, 2.75) is 26.9 Å². The maximum absolute atomic E-state index is 10.5. The minimum absolute atomic E-state index is 0.391. The molecule has 3 nitrogen and oxygen atoms in total. The molecule has 0 aliphatic carbocycles. The highest BCUT2D eigenvalue weighted by molar-refractivity contribution is 8.13. The second-order valence-corrected chi connectivity index (χ2v) is 6.41. The monoisotopic (exact) mass is 200 g/mol. The van der Waals surface area contributed by atoms with Crippen LogP contribution in [0.1, 0.15) is 20.8 Å². The van der Waals surface area contributed by atoms with Crippen LogP contribution in [0.4, 0.5) is 0 Å². The van der Waals surface area contributed by atoms with Crippen LogP contribution in [-0.2, 0) is 9.05 Å². The number of aliphatic hydroxyl groups is 1. The molecular weight excluding hydrogens is 188 g/mol. The fourth-order valence-corrected chi connectivity index (χ4v) is 1.67. The lowest BCUT2D eigenvalue weighted by atomic mass is 9.90. The van der Waals surface area contributed by atoms with Crippen LogP contribution in [0.15, 0.2) is 0 Å². The van der Waals surface area contributed by atoms with Gasteiger partial charge in [-0.2, -0.15) is 0 Å². The van der Waals surface area contributed by atoms with Crippen molar-refractivity contribution in [2.24, 2.45) is 5.41 Å². The van der Waals surface area contributed by atoms with Crippen molar-refractivity contribution < 1.29 is 13.5 Å². The molecule has 0 saturated heterocycles. The highest BCUT2D eigenvalue weighted by atomic mass is 35.7. The number of rotatable bonds is 2. The Labute approximate surface area is 71.8 Å². The maximum atomic E-state index is 10.5. The minimum atomic E-state index is -3.58. The molecule has 0 saturated carbocycles. The Kier molecular flexibility index (Phi) is 3.35. The van der Waals surface area contributed by atoms with Crippen molar-refractivity contribution in [2.75, 3.05) is 5.75 Å². The van der Waals surface area contributed by atoms with Crippen molar-refractivity contribution >= 4 is 19.7 Å². The van der Waals surface area contributed by atoms with E-state index in [4.69, 9.17) is 10.7 Å².